The van der Waals surface area contributed by atoms with Gasteiger partial charge in [-0.2, -0.15) is 0 Å². The van der Waals surface area contributed by atoms with Crippen LogP contribution in [0.3, 0.4) is 0 Å². The van der Waals surface area contributed by atoms with Gasteiger partial charge in [-0.15, -0.1) is 0 Å². The van der Waals surface area contributed by atoms with Crippen LogP contribution in [0.1, 0.15) is 45.6 Å². The Labute approximate surface area is 74.4 Å². The number of hydrogen-bond acceptors (Lipinski definition) is 1. The summed E-state index contributed by atoms with van der Waals surface area (Å²) in [7, 11) is 0. The van der Waals surface area contributed by atoms with Crippen molar-refractivity contribution < 1.29 is 0 Å². The molecule has 0 aliphatic heterocycles. The molecule has 0 saturated heterocycles. The lowest BCUT2D eigenvalue weighted by molar-refractivity contribution is 0.570. The molecule has 0 atom stereocenters. The van der Waals surface area contributed by atoms with E-state index < -0.39 is 0 Å². The molecule has 0 radical (unpaired) electrons. The lowest BCUT2D eigenvalue weighted by Crippen LogP contribution is -2.11. The Hall–Kier alpha value is -0.790. The van der Waals surface area contributed by atoms with Crippen LogP contribution in [0.15, 0.2) is 6.20 Å². The zero-order valence-corrected chi connectivity index (χ0v) is 8.44. The smallest absolute Gasteiger partial charge is 0.106 e. The third kappa shape index (κ3) is 2.10. The minimum atomic E-state index is 0.193. The number of nitrogens with one attached hydrogen (secondary N) is 1. The molecule has 0 fully saturated rings. The molecule has 12 heavy (non-hydrogen) atoms. The van der Waals surface area contributed by atoms with Crippen LogP contribution in [0.4, 0.5) is 0 Å². The highest BCUT2D eigenvalue weighted by atomic mass is 14.9. The summed E-state index contributed by atoms with van der Waals surface area (Å²) in [6, 6.07) is 0. The van der Waals surface area contributed by atoms with Crippen LogP contribution in [-0.4, -0.2) is 9.97 Å². The van der Waals surface area contributed by atoms with Crippen LogP contribution in [-0.2, 0) is 11.8 Å². The highest BCUT2D eigenvalue weighted by Crippen LogP contribution is 2.19. The van der Waals surface area contributed by atoms with Crippen LogP contribution in [0.2, 0.25) is 0 Å². The molecule has 1 N–H and O–H groups in total. The number of aromatic nitrogens is 2. The molecule has 2 nitrogen and oxygen atoms in total. The largest absolute Gasteiger partial charge is 0.345 e. The van der Waals surface area contributed by atoms with E-state index in [-0.39, 0.29) is 5.41 Å². The zero-order chi connectivity index (χ0) is 9.19. The maximum Gasteiger partial charge on any atom is 0.106 e. The van der Waals surface area contributed by atoms with Crippen molar-refractivity contribution in [2.45, 2.75) is 46.0 Å². The van der Waals surface area contributed by atoms with Gasteiger partial charge in [0.05, 0.1) is 0 Å². The Bertz CT molecular complexity index is 243. The lowest BCUT2D eigenvalue weighted by Gasteiger charge is -2.14. The summed E-state index contributed by atoms with van der Waals surface area (Å²) >= 11 is 0. The molecular formula is C10H18N2. The molecule has 1 heterocycles. The van der Waals surface area contributed by atoms with Crippen LogP contribution in [0.5, 0.6) is 0 Å². The first kappa shape index (κ1) is 9.30. The maximum atomic E-state index is 4.32. The number of hydrogen-bond donors (Lipinski definition) is 1. The van der Waals surface area contributed by atoms with Crippen LogP contribution in [0, 0.1) is 0 Å². The molecule has 0 aromatic carbocycles. The fourth-order valence-electron chi connectivity index (χ4n) is 1.11. The van der Waals surface area contributed by atoms with Crippen molar-refractivity contribution >= 4 is 0 Å². The molecule has 2 heteroatoms. The van der Waals surface area contributed by atoms with Gasteiger partial charge >= 0.3 is 0 Å². The van der Waals surface area contributed by atoms with Crippen molar-refractivity contribution in [1.82, 2.24) is 9.97 Å². The van der Waals surface area contributed by atoms with Gasteiger partial charge in [0.15, 0.2) is 0 Å². The normalized spacial score (nSPS) is 12.0. The van der Waals surface area contributed by atoms with E-state index >= 15 is 0 Å². The van der Waals surface area contributed by atoms with E-state index in [2.05, 4.69) is 37.7 Å². The Kier molecular flexibility index (Phi) is 2.55. The van der Waals surface area contributed by atoms with Crippen molar-refractivity contribution in [1.29, 1.82) is 0 Å². The second-order valence-corrected chi connectivity index (χ2v) is 4.24. The molecule has 1 aromatic rings. The Morgan fingerprint density at radius 2 is 2.08 bits per heavy atom. The first-order chi connectivity index (χ1) is 5.54. The van der Waals surface area contributed by atoms with Gasteiger partial charge in [-0.25, -0.2) is 4.98 Å². The molecule has 0 spiro atoms. The van der Waals surface area contributed by atoms with Gasteiger partial charge in [0.2, 0.25) is 0 Å². The molecule has 0 aliphatic carbocycles. The minimum absolute atomic E-state index is 0.193. The number of aryl methyl sites for hydroxylation is 1. The van der Waals surface area contributed by atoms with Gasteiger partial charge in [-0.3, -0.25) is 0 Å². The van der Waals surface area contributed by atoms with Crippen molar-refractivity contribution in [2.75, 3.05) is 0 Å². The van der Waals surface area contributed by atoms with E-state index in [4.69, 9.17) is 0 Å². The molecule has 1 aromatic heterocycles. The van der Waals surface area contributed by atoms with Crippen molar-refractivity contribution in [2.24, 2.45) is 0 Å². The van der Waals surface area contributed by atoms with Crippen molar-refractivity contribution in [3.05, 3.63) is 17.7 Å². The van der Waals surface area contributed by atoms with E-state index in [0.29, 0.717) is 0 Å². The summed E-state index contributed by atoms with van der Waals surface area (Å²) in [5.41, 5.74) is 1.42. The number of rotatable bonds is 2. The van der Waals surface area contributed by atoms with E-state index in [0.717, 1.165) is 18.7 Å². The summed E-state index contributed by atoms with van der Waals surface area (Å²) in [5, 5.41) is 0. The zero-order valence-electron chi connectivity index (χ0n) is 8.44. The summed E-state index contributed by atoms with van der Waals surface area (Å²) in [6.07, 6.45) is 4.15. The van der Waals surface area contributed by atoms with Gasteiger partial charge in [0.1, 0.15) is 5.82 Å². The van der Waals surface area contributed by atoms with Crippen molar-refractivity contribution in [3.63, 3.8) is 0 Å². The second-order valence-electron chi connectivity index (χ2n) is 4.24. The number of nitrogens with zero attached hydrogens (tertiary/aromatic N) is 1. The Morgan fingerprint density at radius 1 is 1.42 bits per heavy atom. The number of aromatic amines is 1. The van der Waals surface area contributed by atoms with Gasteiger partial charge in [-0.05, 0) is 6.42 Å². The molecule has 68 valence electrons. The van der Waals surface area contributed by atoms with Gasteiger partial charge in [-0.1, -0.05) is 27.7 Å². The van der Waals surface area contributed by atoms with E-state index in [1.807, 2.05) is 6.20 Å². The molecule has 0 unspecified atom stereocenters. The van der Waals surface area contributed by atoms with E-state index in [9.17, 15) is 0 Å². The first-order valence-electron chi connectivity index (χ1n) is 4.58. The number of imidazole rings is 1. The summed E-state index contributed by atoms with van der Waals surface area (Å²) < 4.78 is 0. The molecule has 0 aliphatic rings. The highest BCUT2D eigenvalue weighted by Gasteiger charge is 2.15. The molecular weight excluding hydrogens is 148 g/mol. The van der Waals surface area contributed by atoms with Crippen LogP contribution < -0.4 is 0 Å². The average molecular weight is 166 g/mol. The predicted molar refractivity (Wildman–Crippen MR) is 51.3 cm³/mol. The average Bonchev–Trinajstić information content (AvgIpc) is 2.35. The topological polar surface area (TPSA) is 28.7 Å². The summed E-state index contributed by atoms with van der Waals surface area (Å²) in [6.45, 7) is 8.74. The Morgan fingerprint density at radius 3 is 2.50 bits per heavy atom. The molecule has 0 amide bonds. The lowest BCUT2D eigenvalue weighted by atomic mass is 9.93. The molecule has 0 saturated carbocycles. The second kappa shape index (κ2) is 3.30. The summed E-state index contributed by atoms with van der Waals surface area (Å²) in [5.74, 6) is 1.11. The Balaban J connectivity index is 2.77. The molecule has 0 bridgehead atoms. The van der Waals surface area contributed by atoms with Gasteiger partial charge < -0.3 is 4.98 Å². The van der Waals surface area contributed by atoms with Crippen LogP contribution >= 0.6 is 0 Å². The summed E-state index contributed by atoms with van der Waals surface area (Å²) in [4.78, 5) is 7.66. The van der Waals surface area contributed by atoms with Gasteiger partial charge in [0.25, 0.3) is 0 Å². The monoisotopic (exact) mass is 166 g/mol. The maximum absolute atomic E-state index is 4.32. The fraction of sp³-hybridized carbons (Fsp3) is 0.700. The van der Waals surface area contributed by atoms with Gasteiger partial charge in [0, 0.05) is 23.7 Å². The predicted octanol–water partition coefficient (Wildman–Crippen LogP) is 2.66. The third-order valence-corrected chi connectivity index (χ3v) is 1.92. The van der Waals surface area contributed by atoms with E-state index in [1.54, 1.807) is 0 Å². The highest BCUT2D eigenvalue weighted by molar-refractivity contribution is 5.11. The molecule has 1 rings (SSSR count). The first-order valence-corrected chi connectivity index (χ1v) is 4.58. The standard InChI is InChI=1S/C10H18N2/c1-5-6-9-11-7-8(12-9)10(2,3)4/h7H,5-6H2,1-4H3,(H,11,12). The minimum Gasteiger partial charge on any atom is -0.345 e. The fourth-order valence-corrected chi connectivity index (χ4v) is 1.11. The SMILES string of the molecule is CCCc1ncc(C(C)(C)C)[nH]1. The van der Waals surface area contributed by atoms with Crippen molar-refractivity contribution in [3.8, 4) is 0 Å². The van der Waals surface area contributed by atoms with E-state index in [1.165, 1.54) is 5.69 Å². The number of H-pyrrole nitrogens is 1. The van der Waals surface area contributed by atoms with Crippen LogP contribution in [0.25, 0.3) is 0 Å². The third-order valence-electron chi connectivity index (χ3n) is 1.92. The quantitative estimate of drug-likeness (QED) is 0.719.